The Hall–Kier alpha value is -3.56. The molecule has 2 atom stereocenters. The lowest BCUT2D eigenvalue weighted by molar-refractivity contribution is -0.129. The zero-order chi connectivity index (χ0) is 25.3. The Balaban J connectivity index is 1.71. The fourth-order valence-corrected chi connectivity index (χ4v) is 4.15. The van der Waals surface area contributed by atoms with Crippen LogP contribution >= 0.6 is 11.6 Å². The average Bonchev–Trinajstić information content (AvgIpc) is 3.23. The van der Waals surface area contributed by atoms with Crippen LogP contribution in [0.2, 0.25) is 5.02 Å². The number of halogens is 2. The predicted molar refractivity (Wildman–Crippen MR) is 130 cm³/mol. The molecule has 0 saturated carbocycles. The number of hydrogen-bond acceptors (Lipinski definition) is 6. The molecule has 0 bridgehead atoms. The molecule has 35 heavy (non-hydrogen) atoms. The molecule has 2 aromatic carbocycles. The van der Waals surface area contributed by atoms with E-state index in [0.717, 1.165) is 22.6 Å². The normalized spacial score (nSPS) is 13.0. The number of carbonyl (C=O) groups is 1. The highest BCUT2D eigenvalue weighted by molar-refractivity contribution is 6.31. The molecule has 2 aromatic heterocycles. The van der Waals surface area contributed by atoms with Crippen molar-refractivity contribution in [2.45, 2.75) is 46.4 Å². The number of aryl methyl sites for hydroxylation is 2. The minimum atomic E-state index is -1.20. The molecule has 2 heterocycles. The van der Waals surface area contributed by atoms with Crippen LogP contribution in [-0.4, -0.2) is 36.9 Å². The largest absolute Gasteiger partial charge is 0.487 e. The fourth-order valence-electron chi connectivity index (χ4n) is 3.88. The van der Waals surface area contributed by atoms with E-state index in [4.69, 9.17) is 16.3 Å². The van der Waals surface area contributed by atoms with Gasteiger partial charge in [0.05, 0.1) is 16.8 Å². The second-order valence-corrected chi connectivity index (χ2v) is 8.71. The number of ether oxygens (including phenoxy) is 1. The third kappa shape index (κ3) is 5.11. The Kier molecular flexibility index (Phi) is 7.00. The van der Waals surface area contributed by atoms with Gasteiger partial charge in [-0.1, -0.05) is 23.7 Å². The lowest BCUT2D eigenvalue weighted by atomic mass is 10.0. The summed E-state index contributed by atoms with van der Waals surface area (Å²) in [7, 11) is 0. The first kappa shape index (κ1) is 24.6. The maximum Gasteiger partial charge on any atom is 0.249 e. The van der Waals surface area contributed by atoms with Crippen molar-refractivity contribution in [3.05, 3.63) is 76.2 Å². The van der Waals surface area contributed by atoms with E-state index in [-0.39, 0.29) is 11.6 Å². The zero-order valence-electron chi connectivity index (χ0n) is 19.7. The SMILES string of the molecule is Cc1cc(-n2ncnc2C)c2cccc(OCc3c(Cl)cc(F)cc3[C@H](C)NC(=O)[C@@H](C)O)c2n1. The summed E-state index contributed by atoms with van der Waals surface area (Å²) >= 11 is 6.38. The smallest absolute Gasteiger partial charge is 0.249 e. The molecule has 4 rings (SSSR count). The van der Waals surface area contributed by atoms with Crippen molar-refractivity contribution in [3.63, 3.8) is 0 Å². The maximum atomic E-state index is 14.2. The first-order valence-electron chi connectivity index (χ1n) is 11.0. The number of nitrogens with one attached hydrogen (secondary N) is 1. The van der Waals surface area contributed by atoms with Gasteiger partial charge in [-0.05, 0) is 57.5 Å². The van der Waals surface area contributed by atoms with Gasteiger partial charge >= 0.3 is 0 Å². The lowest BCUT2D eigenvalue weighted by Gasteiger charge is -2.21. The van der Waals surface area contributed by atoms with Crippen molar-refractivity contribution in [3.8, 4) is 11.4 Å². The number of rotatable bonds is 7. The predicted octanol–water partition coefficient (Wildman–Crippen LogP) is 4.36. The molecule has 0 unspecified atom stereocenters. The van der Waals surface area contributed by atoms with E-state index in [1.165, 1.54) is 25.4 Å². The zero-order valence-corrected chi connectivity index (χ0v) is 20.5. The van der Waals surface area contributed by atoms with Crippen molar-refractivity contribution >= 4 is 28.4 Å². The highest BCUT2D eigenvalue weighted by Gasteiger charge is 2.20. The summed E-state index contributed by atoms with van der Waals surface area (Å²) in [4.78, 5) is 20.9. The lowest BCUT2D eigenvalue weighted by Crippen LogP contribution is -2.34. The van der Waals surface area contributed by atoms with Gasteiger partial charge in [0.1, 0.15) is 41.9 Å². The van der Waals surface area contributed by atoms with Crippen molar-refractivity contribution in [2.24, 2.45) is 0 Å². The molecule has 0 radical (unpaired) electrons. The van der Waals surface area contributed by atoms with Crippen molar-refractivity contribution in [2.75, 3.05) is 0 Å². The van der Waals surface area contributed by atoms with E-state index in [1.807, 2.05) is 32.0 Å². The van der Waals surface area contributed by atoms with Gasteiger partial charge in [0, 0.05) is 16.6 Å². The molecule has 10 heteroatoms. The molecule has 0 aliphatic heterocycles. The number of hydrogen-bond donors (Lipinski definition) is 2. The molecular formula is C25H25ClFN5O3. The maximum absolute atomic E-state index is 14.2. The molecule has 0 spiro atoms. The van der Waals surface area contributed by atoms with E-state index in [9.17, 15) is 14.3 Å². The Morgan fingerprint density at radius 2 is 2.03 bits per heavy atom. The van der Waals surface area contributed by atoms with Gasteiger partial charge < -0.3 is 15.2 Å². The van der Waals surface area contributed by atoms with Gasteiger partial charge in [-0.2, -0.15) is 5.10 Å². The second-order valence-electron chi connectivity index (χ2n) is 8.30. The fraction of sp³-hybridized carbons (Fsp3) is 0.280. The molecule has 0 saturated heterocycles. The molecule has 8 nitrogen and oxygen atoms in total. The highest BCUT2D eigenvalue weighted by atomic mass is 35.5. The second kappa shape index (κ2) is 9.97. The van der Waals surface area contributed by atoms with Crippen LogP contribution in [0.1, 0.15) is 42.5 Å². The van der Waals surface area contributed by atoms with Crippen LogP contribution in [0, 0.1) is 19.7 Å². The summed E-state index contributed by atoms with van der Waals surface area (Å²) in [6.45, 7) is 6.80. The van der Waals surface area contributed by atoms with Crippen LogP contribution in [0.4, 0.5) is 4.39 Å². The number of aliphatic hydroxyl groups excluding tert-OH is 1. The van der Waals surface area contributed by atoms with Gasteiger partial charge in [-0.25, -0.2) is 19.0 Å². The Bertz CT molecular complexity index is 1410. The number of amides is 1. The number of aromatic nitrogens is 4. The van der Waals surface area contributed by atoms with Crippen LogP contribution in [0.15, 0.2) is 42.7 Å². The van der Waals surface area contributed by atoms with Gasteiger partial charge in [-0.15, -0.1) is 0 Å². The molecule has 0 aliphatic carbocycles. The van der Waals surface area contributed by atoms with Crippen LogP contribution in [0.3, 0.4) is 0 Å². The summed E-state index contributed by atoms with van der Waals surface area (Å²) < 4.78 is 22.1. The van der Waals surface area contributed by atoms with Crippen LogP contribution in [0.25, 0.3) is 16.6 Å². The summed E-state index contributed by atoms with van der Waals surface area (Å²) in [6, 6.07) is 9.38. The summed E-state index contributed by atoms with van der Waals surface area (Å²) in [5, 5.41) is 17.5. The standard InChI is InChI=1S/C25H25ClFN5O3/c1-13-8-22(32-16(4)28-12-29-32)18-6-5-7-23(24(18)30-13)35-11-20-19(9-17(27)10-21(20)26)14(2)31-25(34)15(3)33/h5-10,12,14-15,33H,11H2,1-4H3,(H,31,34)/t14-,15+/m0/s1. The summed E-state index contributed by atoms with van der Waals surface area (Å²) in [5.41, 5.74) is 3.19. The minimum absolute atomic E-state index is 0.00968. The molecule has 0 aliphatic rings. The Labute approximate surface area is 206 Å². The number of nitrogens with zero attached hydrogens (tertiary/aromatic N) is 4. The minimum Gasteiger partial charge on any atom is -0.487 e. The molecule has 182 valence electrons. The topological polar surface area (TPSA) is 102 Å². The number of pyridine rings is 1. The molecule has 2 N–H and O–H groups in total. The van der Waals surface area contributed by atoms with E-state index in [0.29, 0.717) is 22.4 Å². The van der Waals surface area contributed by atoms with E-state index >= 15 is 0 Å². The first-order chi connectivity index (χ1) is 16.7. The molecule has 1 amide bonds. The molecular weight excluding hydrogens is 473 g/mol. The Morgan fingerprint density at radius 3 is 2.71 bits per heavy atom. The molecule has 4 aromatic rings. The van der Waals surface area contributed by atoms with Crippen LogP contribution in [0.5, 0.6) is 5.75 Å². The quantitative estimate of drug-likeness (QED) is 0.393. The number of carbonyl (C=O) groups excluding carboxylic acids is 1. The summed E-state index contributed by atoms with van der Waals surface area (Å²) in [6.07, 6.45) is 0.293. The monoisotopic (exact) mass is 497 g/mol. The van der Waals surface area contributed by atoms with E-state index in [1.54, 1.807) is 17.7 Å². The molecule has 0 fully saturated rings. The van der Waals surface area contributed by atoms with Gasteiger partial charge in [0.15, 0.2) is 0 Å². The van der Waals surface area contributed by atoms with Crippen LogP contribution < -0.4 is 10.1 Å². The average molecular weight is 498 g/mol. The first-order valence-corrected chi connectivity index (χ1v) is 11.4. The van der Waals surface area contributed by atoms with Crippen molar-refractivity contribution < 1.29 is 19.0 Å². The van der Waals surface area contributed by atoms with E-state index < -0.39 is 23.9 Å². The number of para-hydroxylation sites is 1. The highest BCUT2D eigenvalue weighted by Crippen LogP contribution is 2.32. The van der Waals surface area contributed by atoms with Gasteiger partial charge in [-0.3, -0.25) is 4.79 Å². The third-order valence-electron chi connectivity index (χ3n) is 5.63. The van der Waals surface area contributed by atoms with E-state index in [2.05, 4.69) is 20.4 Å². The van der Waals surface area contributed by atoms with Crippen molar-refractivity contribution in [1.82, 2.24) is 25.1 Å². The van der Waals surface area contributed by atoms with Crippen LogP contribution in [-0.2, 0) is 11.4 Å². The number of fused-ring (bicyclic) bond motifs is 1. The number of aliphatic hydroxyl groups is 1. The van der Waals surface area contributed by atoms with Gasteiger partial charge in [0.25, 0.3) is 0 Å². The van der Waals surface area contributed by atoms with Gasteiger partial charge in [0.2, 0.25) is 5.91 Å². The third-order valence-corrected chi connectivity index (χ3v) is 5.96. The Morgan fingerprint density at radius 1 is 1.26 bits per heavy atom. The summed E-state index contributed by atoms with van der Waals surface area (Å²) in [5.74, 6) is 0.132. The van der Waals surface area contributed by atoms with Crippen molar-refractivity contribution in [1.29, 1.82) is 0 Å². The number of benzene rings is 2.